The Hall–Kier alpha value is -3.03. The van der Waals surface area contributed by atoms with Gasteiger partial charge in [0.2, 0.25) is 5.91 Å². The monoisotopic (exact) mass is 340 g/mol. The van der Waals surface area contributed by atoms with Crippen LogP contribution in [-0.4, -0.2) is 26.6 Å². The number of anilines is 1. The van der Waals surface area contributed by atoms with Crippen LogP contribution in [0.25, 0.3) is 0 Å². The van der Waals surface area contributed by atoms with E-state index >= 15 is 0 Å². The lowest BCUT2D eigenvalue weighted by molar-refractivity contribution is -0.116. The summed E-state index contributed by atoms with van der Waals surface area (Å²) in [6, 6.07) is 7.35. The zero-order chi connectivity index (χ0) is 18.4. The Balaban J connectivity index is 1.95. The Morgan fingerprint density at radius 1 is 1.20 bits per heavy atom. The quantitative estimate of drug-likeness (QED) is 0.849. The maximum atomic E-state index is 12.6. The van der Waals surface area contributed by atoms with E-state index in [9.17, 15) is 9.59 Å². The Morgan fingerprint density at radius 2 is 1.84 bits per heavy atom. The van der Waals surface area contributed by atoms with E-state index in [1.165, 1.54) is 0 Å². The van der Waals surface area contributed by atoms with E-state index in [1.54, 1.807) is 12.1 Å². The first-order valence-corrected chi connectivity index (χ1v) is 7.90. The lowest BCUT2D eigenvalue weighted by Crippen LogP contribution is -2.35. The fourth-order valence-corrected chi connectivity index (χ4v) is 2.55. The summed E-state index contributed by atoms with van der Waals surface area (Å²) < 4.78 is 1.07. The maximum absolute atomic E-state index is 12.6. The second-order valence-electron chi connectivity index (χ2n) is 7.09. The van der Waals surface area contributed by atoms with Crippen molar-refractivity contribution in [3.63, 3.8) is 0 Å². The number of nitrogens with zero attached hydrogens (tertiary/aromatic N) is 4. The van der Waals surface area contributed by atoms with E-state index in [0.29, 0.717) is 5.69 Å². The summed E-state index contributed by atoms with van der Waals surface area (Å²) in [4.78, 5) is 25.2. The average molecular weight is 340 g/mol. The van der Waals surface area contributed by atoms with E-state index in [1.807, 2.05) is 39.8 Å². The van der Waals surface area contributed by atoms with Crippen LogP contribution in [0.4, 0.5) is 5.69 Å². The van der Waals surface area contributed by atoms with Crippen molar-refractivity contribution in [1.82, 2.24) is 14.9 Å². The summed E-state index contributed by atoms with van der Waals surface area (Å²) in [6.45, 7) is 7.52. The van der Waals surface area contributed by atoms with Crippen molar-refractivity contribution in [3.05, 3.63) is 51.7 Å². The molecular weight excluding hydrogens is 320 g/mol. The third-order valence-corrected chi connectivity index (χ3v) is 3.93. The number of carbonyl (C=O) groups is 1. The zero-order valence-corrected chi connectivity index (χ0v) is 14.6. The van der Waals surface area contributed by atoms with Crippen molar-refractivity contribution >= 4 is 17.4 Å². The Kier molecular flexibility index (Phi) is 3.90. The highest BCUT2D eigenvalue weighted by Gasteiger charge is 2.37. The Bertz CT molecular complexity index is 922. The van der Waals surface area contributed by atoms with Gasteiger partial charge in [-0.2, -0.15) is 4.68 Å². The normalized spacial score (nSPS) is 16.3. The molecule has 0 saturated heterocycles. The molecule has 0 aliphatic carbocycles. The molecule has 2 aromatic rings. The lowest BCUT2D eigenvalue weighted by Gasteiger charge is -2.17. The van der Waals surface area contributed by atoms with Crippen molar-refractivity contribution < 1.29 is 4.79 Å². The lowest BCUT2D eigenvalue weighted by atomic mass is 9.93. The molecule has 1 unspecified atom stereocenters. The molecule has 0 saturated carbocycles. The molecule has 8 nitrogen and oxygen atoms in total. The number of carbonyl (C=O) groups excluding carboxylic acids is 1. The molecule has 0 radical (unpaired) electrons. The van der Waals surface area contributed by atoms with E-state index in [0.717, 1.165) is 10.2 Å². The average Bonchev–Trinajstić information content (AvgIpc) is 2.86. The van der Waals surface area contributed by atoms with Crippen LogP contribution in [0.3, 0.4) is 0 Å². The summed E-state index contributed by atoms with van der Waals surface area (Å²) >= 11 is 0. The molecule has 3 N–H and O–H groups in total. The first-order chi connectivity index (χ1) is 11.7. The third kappa shape index (κ3) is 3.02. The minimum atomic E-state index is -0.949. The number of aromatic nitrogens is 3. The van der Waals surface area contributed by atoms with Gasteiger partial charge >= 0.3 is 0 Å². The van der Waals surface area contributed by atoms with E-state index in [-0.39, 0.29) is 17.4 Å². The summed E-state index contributed by atoms with van der Waals surface area (Å²) in [6.07, 6.45) is 0. The van der Waals surface area contributed by atoms with Gasteiger partial charge in [-0.25, -0.2) is 0 Å². The number of amidine groups is 1. The molecule has 1 aliphatic heterocycles. The molecule has 0 bridgehead atoms. The summed E-state index contributed by atoms with van der Waals surface area (Å²) in [5.41, 5.74) is 6.98. The van der Waals surface area contributed by atoms with Crippen LogP contribution in [0.1, 0.15) is 43.8 Å². The van der Waals surface area contributed by atoms with Crippen molar-refractivity contribution in [2.24, 2.45) is 10.8 Å². The summed E-state index contributed by atoms with van der Waals surface area (Å²) in [5.74, 6) is -1.22. The molecule has 8 heteroatoms. The smallest absolute Gasteiger partial charge is 0.296 e. The van der Waals surface area contributed by atoms with Gasteiger partial charge in [0.1, 0.15) is 11.5 Å². The second kappa shape index (κ2) is 5.80. The number of amides is 1. The zero-order valence-electron chi connectivity index (χ0n) is 14.6. The van der Waals surface area contributed by atoms with Crippen LogP contribution in [0.2, 0.25) is 0 Å². The minimum Gasteiger partial charge on any atom is -0.385 e. The molecule has 3 rings (SSSR count). The number of hydrogen-bond donors (Lipinski definition) is 2. The number of benzene rings is 1. The van der Waals surface area contributed by atoms with Gasteiger partial charge < -0.3 is 11.1 Å². The Labute approximate surface area is 144 Å². The summed E-state index contributed by atoms with van der Waals surface area (Å²) in [7, 11) is 0. The highest BCUT2D eigenvalue weighted by atomic mass is 16.2. The SMILES string of the molecule is Cc1ccc(NC(=O)C2C(N)=Nn3c2nnc(C(C)(C)C)c3=O)cc1. The van der Waals surface area contributed by atoms with Gasteiger partial charge in [0.25, 0.3) is 5.56 Å². The molecule has 2 heterocycles. The molecular formula is C17H20N6O2. The predicted molar refractivity (Wildman–Crippen MR) is 94.6 cm³/mol. The van der Waals surface area contributed by atoms with Crippen LogP contribution in [0, 0.1) is 6.92 Å². The largest absolute Gasteiger partial charge is 0.385 e. The fraction of sp³-hybridized carbons (Fsp3) is 0.353. The molecule has 0 fully saturated rings. The van der Waals surface area contributed by atoms with Gasteiger partial charge in [-0.15, -0.1) is 15.3 Å². The number of hydrogen-bond acceptors (Lipinski definition) is 6. The van der Waals surface area contributed by atoms with E-state index in [2.05, 4.69) is 20.6 Å². The Morgan fingerprint density at radius 3 is 2.44 bits per heavy atom. The van der Waals surface area contributed by atoms with Crippen LogP contribution in [-0.2, 0) is 10.2 Å². The number of rotatable bonds is 2. The van der Waals surface area contributed by atoms with E-state index < -0.39 is 22.8 Å². The van der Waals surface area contributed by atoms with E-state index in [4.69, 9.17) is 5.73 Å². The second-order valence-corrected chi connectivity index (χ2v) is 7.09. The van der Waals surface area contributed by atoms with Crippen LogP contribution in [0.15, 0.2) is 34.2 Å². The molecule has 1 amide bonds. The van der Waals surface area contributed by atoms with Crippen molar-refractivity contribution in [2.45, 2.75) is 39.0 Å². The molecule has 130 valence electrons. The maximum Gasteiger partial charge on any atom is 0.296 e. The van der Waals surface area contributed by atoms with Gasteiger partial charge in [-0.05, 0) is 19.1 Å². The summed E-state index contributed by atoms with van der Waals surface area (Å²) in [5, 5.41) is 14.9. The minimum absolute atomic E-state index is 0.0158. The van der Waals surface area contributed by atoms with Crippen LogP contribution < -0.4 is 16.6 Å². The standard InChI is InChI=1S/C17H20N6O2/c1-9-5-7-10(8-6-9)19-15(24)11-13(18)22-23-14(11)21-20-12(16(23)25)17(2,3)4/h5-8,11H,1-4H3,(H2,18,22)(H,19,24). The molecule has 1 atom stereocenters. The topological polar surface area (TPSA) is 115 Å². The van der Waals surface area contributed by atoms with Crippen molar-refractivity contribution in [1.29, 1.82) is 0 Å². The van der Waals surface area contributed by atoms with Gasteiger partial charge in [-0.3, -0.25) is 9.59 Å². The first-order valence-electron chi connectivity index (χ1n) is 7.90. The van der Waals surface area contributed by atoms with Crippen molar-refractivity contribution in [3.8, 4) is 0 Å². The third-order valence-electron chi connectivity index (χ3n) is 3.93. The molecule has 1 aromatic heterocycles. The van der Waals surface area contributed by atoms with Gasteiger partial charge in [0, 0.05) is 11.1 Å². The highest BCUT2D eigenvalue weighted by molar-refractivity contribution is 6.12. The fourth-order valence-electron chi connectivity index (χ4n) is 2.55. The predicted octanol–water partition coefficient (Wildman–Crippen LogP) is 1.10. The van der Waals surface area contributed by atoms with Crippen LogP contribution >= 0.6 is 0 Å². The van der Waals surface area contributed by atoms with Gasteiger partial charge in [0.05, 0.1) is 0 Å². The van der Waals surface area contributed by atoms with Crippen LogP contribution in [0.5, 0.6) is 0 Å². The molecule has 25 heavy (non-hydrogen) atoms. The number of nitrogens with two attached hydrogens (primary N) is 1. The molecule has 0 spiro atoms. The highest BCUT2D eigenvalue weighted by Crippen LogP contribution is 2.23. The first kappa shape index (κ1) is 16.8. The van der Waals surface area contributed by atoms with Gasteiger partial charge in [-0.1, -0.05) is 38.5 Å². The van der Waals surface area contributed by atoms with Crippen molar-refractivity contribution in [2.75, 3.05) is 5.32 Å². The van der Waals surface area contributed by atoms with Gasteiger partial charge in [0.15, 0.2) is 11.7 Å². The molecule has 1 aromatic carbocycles. The number of nitrogens with one attached hydrogen (secondary N) is 1. The number of aryl methyl sites for hydroxylation is 1. The molecule has 1 aliphatic rings. The number of fused-ring (bicyclic) bond motifs is 1.